The zero-order valence-electron chi connectivity index (χ0n) is 11.5. The van der Waals surface area contributed by atoms with E-state index in [1.165, 1.54) is 32.0 Å². The number of benzene rings is 1. The molecule has 1 amide bonds. The fraction of sp³-hybridized carbons (Fsp3) is 0.385. The average molecular weight is 280 g/mol. The molecule has 0 saturated carbocycles. The summed E-state index contributed by atoms with van der Waals surface area (Å²) >= 11 is 0. The highest BCUT2D eigenvalue weighted by molar-refractivity contribution is 6.00. The fourth-order valence-corrected chi connectivity index (χ4v) is 1.52. The Morgan fingerprint density at radius 3 is 2.60 bits per heavy atom. The van der Waals surface area contributed by atoms with Crippen LogP contribution in [0.25, 0.3) is 0 Å². The van der Waals surface area contributed by atoms with Crippen molar-refractivity contribution >= 4 is 17.4 Å². The van der Waals surface area contributed by atoms with Crippen LogP contribution in [0.2, 0.25) is 0 Å². The number of hydrogen-bond acceptors (Lipinski definition) is 5. The van der Waals surface area contributed by atoms with Crippen molar-refractivity contribution in [1.29, 1.82) is 0 Å². The first-order valence-electron chi connectivity index (χ1n) is 6.10. The van der Waals surface area contributed by atoms with Crippen LogP contribution in [0.15, 0.2) is 18.2 Å². The van der Waals surface area contributed by atoms with Crippen molar-refractivity contribution in [1.82, 2.24) is 5.32 Å². The lowest BCUT2D eigenvalue weighted by Gasteiger charge is -2.13. The van der Waals surface area contributed by atoms with Crippen LogP contribution in [0.5, 0.6) is 5.75 Å². The molecule has 0 aliphatic carbocycles. The van der Waals surface area contributed by atoms with E-state index in [0.29, 0.717) is 0 Å². The van der Waals surface area contributed by atoms with Crippen molar-refractivity contribution in [3.05, 3.63) is 33.9 Å². The van der Waals surface area contributed by atoms with Crippen molar-refractivity contribution in [2.24, 2.45) is 0 Å². The molecular weight excluding hydrogens is 264 g/mol. The molecule has 1 aromatic carbocycles. The Labute approximate surface area is 116 Å². The maximum absolute atomic E-state index is 12.1. The van der Waals surface area contributed by atoms with Gasteiger partial charge in [-0.05, 0) is 26.8 Å². The zero-order chi connectivity index (χ0) is 15.3. The molecule has 20 heavy (non-hydrogen) atoms. The summed E-state index contributed by atoms with van der Waals surface area (Å²) in [5.41, 5.74) is -0.246. The fourth-order valence-electron chi connectivity index (χ4n) is 1.52. The molecule has 0 aliphatic heterocycles. The summed E-state index contributed by atoms with van der Waals surface area (Å²) in [4.78, 5) is 33.5. The summed E-state index contributed by atoms with van der Waals surface area (Å²) in [6.07, 6.45) is 0. The van der Waals surface area contributed by atoms with Gasteiger partial charge in [0.1, 0.15) is 0 Å². The van der Waals surface area contributed by atoms with Crippen LogP contribution in [-0.2, 0) is 4.79 Å². The van der Waals surface area contributed by atoms with E-state index in [0.717, 1.165) is 0 Å². The van der Waals surface area contributed by atoms with E-state index in [4.69, 9.17) is 4.74 Å². The predicted molar refractivity (Wildman–Crippen MR) is 71.9 cm³/mol. The van der Waals surface area contributed by atoms with E-state index >= 15 is 0 Å². The van der Waals surface area contributed by atoms with Crippen LogP contribution >= 0.6 is 0 Å². The van der Waals surface area contributed by atoms with E-state index in [2.05, 4.69) is 5.32 Å². The molecule has 0 fully saturated rings. The minimum Gasteiger partial charge on any atom is -0.487 e. The quantitative estimate of drug-likeness (QED) is 0.631. The largest absolute Gasteiger partial charge is 0.487 e. The molecule has 0 bridgehead atoms. The van der Waals surface area contributed by atoms with Crippen molar-refractivity contribution in [3.63, 3.8) is 0 Å². The summed E-state index contributed by atoms with van der Waals surface area (Å²) in [7, 11) is 0. The van der Waals surface area contributed by atoms with Gasteiger partial charge in [-0.25, -0.2) is 0 Å². The lowest BCUT2D eigenvalue weighted by atomic mass is 10.1. The molecule has 1 unspecified atom stereocenters. The zero-order valence-corrected chi connectivity index (χ0v) is 11.5. The molecule has 1 aromatic rings. The Morgan fingerprint density at radius 2 is 2.10 bits per heavy atom. The van der Waals surface area contributed by atoms with Gasteiger partial charge in [-0.2, -0.15) is 0 Å². The SMILES string of the molecule is CCOc1c(C(=O)NC(C)C(C)=O)cccc1[N+](=O)[O-]. The van der Waals surface area contributed by atoms with E-state index < -0.39 is 16.9 Å². The van der Waals surface area contributed by atoms with Gasteiger partial charge in [-0.3, -0.25) is 19.7 Å². The van der Waals surface area contributed by atoms with Crippen LogP contribution in [0.4, 0.5) is 5.69 Å². The number of carbonyl (C=O) groups is 2. The van der Waals surface area contributed by atoms with Crippen molar-refractivity contribution < 1.29 is 19.2 Å². The molecule has 0 aromatic heterocycles. The third-order valence-electron chi connectivity index (χ3n) is 2.68. The van der Waals surface area contributed by atoms with Crippen LogP contribution in [-0.4, -0.2) is 29.3 Å². The predicted octanol–water partition coefficient (Wildman–Crippen LogP) is 1.70. The second-order valence-corrected chi connectivity index (χ2v) is 4.15. The monoisotopic (exact) mass is 280 g/mol. The first kappa shape index (κ1) is 15.6. The van der Waals surface area contributed by atoms with Gasteiger partial charge in [-0.1, -0.05) is 6.07 Å². The van der Waals surface area contributed by atoms with Gasteiger partial charge in [0.05, 0.1) is 23.1 Å². The smallest absolute Gasteiger partial charge is 0.311 e. The lowest BCUT2D eigenvalue weighted by Crippen LogP contribution is -2.37. The van der Waals surface area contributed by atoms with Crippen LogP contribution in [0.3, 0.4) is 0 Å². The third kappa shape index (κ3) is 3.53. The highest BCUT2D eigenvalue weighted by Gasteiger charge is 2.24. The Bertz CT molecular complexity index is 542. The molecule has 0 heterocycles. The number of Topliss-reactive ketones (excluding diaryl/α,β-unsaturated/α-hetero) is 1. The van der Waals surface area contributed by atoms with Crippen molar-refractivity contribution in [2.75, 3.05) is 6.61 Å². The highest BCUT2D eigenvalue weighted by Crippen LogP contribution is 2.30. The molecule has 108 valence electrons. The van der Waals surface area contributed by atoms with Gasteiger partial charge < -0.3 is 10.1 Å². The summed E-state index contributed by atoms with van der Waals surface area (Å²) in [6.45, 7) is 4.74. The molecule has 1 rings (SSSR count). The number of hydrogen-bond donors (Lipinski definition) is 1. The Hall–Kier alpha value is -2.44. The molecule has 0 aliphatic rings. The molecule has 0 radical (unpaired) electrons. The number of rotatable bonds is 6. The van der Waals surface area contributed by atoms with Gasteiger partial charge in [0, 0.05) is 6.07 Å². The van der Waals surface area contributed by atoms with Crippen LogP contribution in [0.1, 0.15) is 31.1 Å². The minimum absolute atomic E-state index is 0.0363. The Kier molecular flexibility index (Phi) is 5.19. The van der Waals surface area contributed by atoms with Gasteiger partial charge in [0.2, 0.25) is 5.75 Å². The topological polar surface area (TPSA) is 98.5 Å². The molecule has 0 saturated heterocycles. The number of nitro groups is 1. The van der Waals surface area contributed by atoms with Gasteiger partial charge in [0.25, 0.3) is 5.91 Å². The van der Waals surface area contributed by atoms with E-state index in [1.807, 2.05) is 0 Å². The summed E-state index contributed by atoms with van der Waals surface area (Å²) in [5, 5.41) is 13.4. The van der Waals surface area contributed by atoms with Gasteiger partial charge in [-0.15, -0.1) is 0 Å². The van der Waals surface area contributed by atoms with Crippen LogP contribution < -0.4 is 10.1 Å². The number of carbonyl (C=O) groups excluding carboxylic acids is 2. The molecular formula is C13H16N2O5. The Morgan fingerprint density at radius 1 is 1.45 bits per heavy atom. The first-order valence-corrected chi connectivity index (χ1v) is 6.10. The number of para-hydroxylation sites is 1. The standard InChI is InChI=1S/C13H16N2O5/c1-4-20-12-10(6-5-7-11(12)15(18)19)13(17)14-8(2)9(3)16/h5-8H,4H2,1-3H3,(H,14,17). The number of nitrogens with zero attached hydrogens (tertiary/aromatic N) is 1. The molecule has 1 N–H and O–H groups in total. The number of ether oxygens (including phenoxy) is 1. The second-order valence-electron chi connectivity index (χ2n) is 4.15. The average Bonchev–Trinajstić information content (AvgIpc) is 2.38. The third-order valence-corrected chi connectivity index (χ3v) is 2.68. The number of ketones is 1. The van der Waals surface area contributed by atoms with Gasteiger partial charge in [0.15, 0.2) is 5.78 Å². The molecule has 7 nitrogen and oxygen atoms in total. The van der Waals surface area contributed by atoms with E-state index in [1.54, 1.807) is 6.92 Å². The normalized spacial score (nSPS) is 11.6. The van der Waals surface area contributed by atoms with Crippen molar-refractivity contribution in [3.8, 4) is 5.75 Å². The molecule has 7 heteroatoms. The maximum atomic E-state index is 12.1. The minimum atomic E-state index is -0.670. The number of nitrogens with one attached hydrogen (secondary N) is 1. The van der Waals surface area contributed by atoms with Gasteiger partial charge >= 0.3 is 5.69 Å². The van der Waals surface area contributed by atoms with Crippen LogP contribution in [0, 0.1) is 10.1 Å². The molecule has 1 atom stereocenters. The van der Waals surface area contributed by atoms with Crippen molar-refractivity contribution in [2.45, 2.75) is 26.8 Å². The summed E-state index contributed by atoms with van der Waals surface area (Å²) < 4.78 is 5.21. The number of amides is 1. The van der Waals surface area contributed by atoms with E-state index in [9.17, 15) is 19.7 Å². The maximum Gasteiger partial charge on any atom is 0.311 e. The second kappa shape index (κ2) is 6.65. The first-order chi connectivity index (χ1) is 9.38. The molecule has 0 spiro atoms. The lowest BCUT2D eigenvalue weighted by molar-refractivity contribution is -0.385. The van der Waals surface area contributed by atoms with E-state index in [-0.39, 0.29) is 29.4 Å². The summed E-state index contributed by atoms with van der Waals surface area (Å²) in [6, 6.07) is 3.40. The number of nitro benzene ring substituents is 1. The summed E-state index contributed by atoms with van der Waals surface area (Å²) in [5.74, 6) is -0.880. The highest BCUT2D eigenvalue weighted by atomic mass is 16.6. The Balaban J connectivity index is 3.16.